The van der Waals surface area contributed by atoms with Gasteiger partial charge in [-0.2, -0.15) is 0 Å². The third kappa shape index (κ3) is 3.30. The number of aromatic nitrogens is 1. The molecule has 2 heterocycles. The predicted molar refractivity (Wildman–Crippen MR) is 93.9 cm³/mol. The van der Waals surface area contributed by atoms with E-state index in [0.29, 0.717) is 5.76 Å². The van der Waals surface area contributed by atoms with Crippen molar-refractivity contribution in [2.45, 2.75) is 17.4 Å². The van der Waals surface area contributed by atoms with Crippen LogP contribution in [0, 0.1) is 5.82 Å². The number of hydrogen-bond donors (Lipinski definition) is 1. The third-order valence-electron chi connectivity index (χ3n) is 4.12. The summed E-state index contributed by atoms with van der Waals surface area (Å²) in [5.41, 5.74) is 1.89. The van der Waals surface area contributed by atoms with E-state index in [1.807, 2.05) is 30.3 Å². The fourth-order valence-electron chi connectivity index (χ4n) is 2.87. The summed E-state index contributed by atoms with van der Waals surface area (Å²) < 4.78 is 18.8. The van der Waals surface area contributed by atoms with Crippen LogP contribution in [-0.2, 0) is 0 Å². The Balaban J connectivity index is 1.54. The molecule has 0 saturated carbocycles. The molecule has 1 atom stereocenters. The molecule has 4 rings (SSSR count). The lowest BCUT2D eigenvalue weighted by Crippen LogP contribution is -2.30. The summed E-state index contributed by atoms with van der Waals surface area (Å²) in [6, 6.07) is 15.6. The molecule has 0 spiro atoms. The van der Waals surface area contributed by atoms with Crippen molar-refractivity contribution >= 4 is 17.7 Å². The molecule has 25 heavy (non-hydrogen) atoms. The molecule has 1 aromatic heterocycles. The van der Waals surface area contributed by atoms with Crippen LogP contribution >= 0.6 is 11.8 Å². The Morgan fingerprint density at radius 1 is 1.20 bits per heavy atom. The van der Waals surface area contributed by atoms with Crippen molar-refractivity contribution in [3.8, 4) is 11.3 Å². The molecule has 4 nitrogen and oxygen atoms in total. The van der Waals surface area contributed by atoms with Gasteiger partial charge in [-0.15, -0.1) is 11.8 Å². The van der Waals surface area contributed by atoms with Crippen LogP contribution in [0.2, 0.25) is 0 Å². The zero-order valence-corrected chi connectivity index (χ0v) is 14.1. The smallest absolute Gasteiger partial charge is 0.273 e. The standard InChI is InChI=1S/C19H15FN2O2S/c20-13-6-7-18-14(10-13)15(8-9-25-18)21-19(23)16-11-17(24-22-16)12-4-2-1-3-5-12/h1-7,10-11,15H,8-9H2,(H,21,23). The molecule has 2 aromatic carbocycles. The average Bonchev–Trinajstić information content (AvgIpc) is 3.13. The summed E-state index contributed by atoms with van der Waals surface area (Å²) in [5, 5.41) is 6.81. The molecule has 3 aromatic rings. The molecule has 0 radical (unpaired) electrons. The zero-order valence-electron chi connectivity index (χ0n) is 13.2. The molecule has 0 saturated heterocycles. The molecular formula is C19H15FN2O2S. The van der Waals surface area contributed by atoms with Gasteiger partial charge in [-0.3, -0.25) is 4.79 Å². The van der Waals surface area contributed by atoms with Crippen LogP contribution < -0.4 is 5.32 Å². The molecule has 1 unspecified atom stereocenters. The Morgan fingerprint density at radius 2 is 2.04 bits per heavy atom. The van der Waals surface area contributed by atoms with Crippen LogP contribution in [0.5, 0.6) is 0 Å². The number of nitrogens with zero attached hydrogens (tertiary/aromatic N) is 1. The van der Waals surface area contributed by atoms with Crippen molar-refractivity contribution in [3.05, 3.63) is 71.7 Å². The van der Waals surface area contributed by atoms with E-state index >= 15 is 0 Å². The second-order valence-corrected chi connectivity index (χ2v) is 6.92. The highest BCUT2D eigenvalue weighted by molar-refractivity contribution is 7.99. The van der Waals surface area contributed by atoms with Gasteiger partial charge in [-0.25, -0.2) is 4.39 Å². The van der Waals surface area contributed by atoms with Crippen LogP contribution in [0.1, 0.15) is 28.5 Å². The van der Waals surface area contributed by atoms with Gasteiger partial charge in [0.2, 0.25) is 0 Å². The molecule has 0 aliphatic carbocycles. The van der Waals surface area contributed by atoms with E-state index < -0.39 is 0 Å². The van der Waals surface area contributed by atoms with Gasteiger partial charge in [0.25, 0.3) is 5.91 Å². The van der Waals surface area contributed by atoms with Crippen molar-refractivity contribution in [2.75, 3.05) is 5.75 Å². The van der Waals surface area contributed by atoms with E-state index in [-0.39, 0.29) is 23.5 Å². The van der Waals surface area contributed by atoms with Gasteiger partial charge in [-0.05, 0) is 30.2 Å². The fourth-order valence-corrected chi connectivity index (χ4v) is 3.97. The SMILES string of the molecule is O=C(NC1CCSc2ccc(F)cc21)c1cc(-c2ccccc2)on1. The largest absolute Gasteiger partial charge is 0.355 e. The second kappa shape index (κ2) is 6.72. The van der Waals surface area contributed by atoms with Crippen molar-refractivity contribution in [1.29, 1.82) is 0 Å². The number of fused-ring (bicyclic) bond motifs is 1. The van der Waals surface area contributed by atoms with Crippen molar-refractivity contribution in [1.82, 2.24) is 10.5 Å². The van der Waals surface area contributed by atoms with Crippen LogP contribution in [0.3, 0.4) is 0 Å². The number of benzene rings is 2. The van der Waals surface area contributed by atoms with E-state index in [1.54, 1.807) is 23.9 Å². The van der Waals surface area contributed by atoms with E-state index in [2.05, 4.69) is 10.5 Å². The monoisotopic (exact) mass is 354 g/mol. The lowest BCUT2D eigenvalue weighted by Gasteiger charge is -2.25. The molecule has 1 aliphatic heterocycles. The summed E-state index contributed by atoms with van der Waals surface area (Å²) in [4.78, 5) is 13.5. The van der Waals surface area contributed by atoms with Gasteiger partial charge in [0.05, 0.1) is 6.04 Å². The summed E-state index contributed by atoms with van der Waals surface area (Å²) in [5.74, 6) is 0.792. The quantitative estimate of drug-likeness (QED) is 0.755. The molecule has 1 aliphatic rings. The number of thioether (sulfide) groups is 1. The molecule has 6 heteroatoms. The normalized spacial score (nSPS) is 16.3. The number of hydrogen-bond acceptors (Lipinski definition) is 4. The van der Waals surface area contributed by atoms with Crippen LogP contribution in [0.15, 0.2) is 64.0 Å². The summed E-state index contributed by atoms with van der Waals surface area (Å²) in [7, 11) is 0. The summed E-state index contributed by atoms with van der Waals surface area (Å²) in [6.45, 7) is 0. The van der Waals surface area contributed by atoms with E-state index in [1.165, 1.54) is 12.1 Å². The first-order chi connectivity index (χ1) is 12.2. The Bertz CT molecular complexity index is 911. The Morgan fingerprint density at radius 3 is 2.88 bits per heavy atom. The number of carbonyl (C=O) groups is 1. The Hall–Kier alpha value is -2.60. The highest BCUT2D eigenvalue weighted by atomic mass is 32.2. The first-order valence-electron chi connectivity index (χ1n) is 7.96. The van der Waals surface area contributed by atoms with E-state index in [4.69, 9.17) is 4.52 Å². The Kier molecular flexibility index (Phi) is 4.28. The lowest BCUT2D eigenvalue weighted by molar-refractivity contribution is 0.0926. The zero-order chi connectivity index (χ0) is 17.2. The molecule has 126 valence electrons. The number of rotatable bonds is 3. The minimum absolute atomic E-state index is 0.218. The fraction of sp³-hybridized carbons (Fsp3) is 0.158. The maximum Gasteiger partial charge on any atom is 0.273 e. The first-order valence-corrected chi connectivity index (χ1v) is 8.94. The average molecular weight is 354 g/mol. The number of nitrogens with one attached hydrogen (secondary N) is 1. The predicted octanol–water partition coefficient (Wildman–Crippen LogP) is 4.45. The van der Waals surface area contributed by atoms with E-state index in [0.717, 1.165) is 28.2 Å². The lowest BCUT2D eigenvalue weighted by atomic mass is 10.0. The summed E-state index contributed by atoms with van der Waals surface area (Å²) in [6.07, 6.45) is 0.746. The van der Waals surface area contributed by atoms with Crippen molar-refractivity contribution in [2.24, 2.45) is 0 Å². The minimum Gasteiger partial charge on any atom is -0.355 e. The van der Waals surface area contributed by atoms with E-state index in [9.17, 15) is 9.18 Å². The van der Waals surface area contributed by atoms with Gasteiger partial charge >= 0.3 is 0 Å². The molecular weight excluding hydrogens is 339 g/mol. The summed E-state index contributed by atoms with van der Waals surface area (Å²) >= 11 is 1.67. The Labute approximate surface area is 148 Å². The molecule has 0 fully saturated rings. The minimum atomic E-state index is -0.321. The van der Waals surface area contributed by atoms with Crippen molar-refractivity contribution in [3.63, 3.8) is 0 Å². The number of carbonyl (C=O) groups excluding carboxylic acids is 1. The van der Waals surface area contributed by atoms with Gasteiger partial charge in [0.1, 0.15) is 5.82 Å². The first kappa shape index (κ1) is 15.9. The molecule has 1 N–H and O–H groups in total. The maximum atomic E-state index is 13.6. The van der Waals surface area contributed by atoms with Gasteiger partial charge < -0.3 is 9.84 Å². The molecule has 1 amide bonds. The van der Waals surface area contributed by atoms with Gasteiger partial charge in [0.15, 0.2) is 11.5 Å². The highest BCUT2D eigenvalue weighted by Crippen LogP contribution is 2.36. The number of halogens is 1. The topological polar surface area (TPSA) is 55.1 Å². The van der Waals surface area contributed by atoms with Crippen LogP contribution in [0.25, 0.3) is 11.3 Å². The second-order valence-electron chi connectivity index (χ2n) is 5.79. The van der Waals surface area contributed by atoms with Gasteiger partial charge in [0, 0.05) is 22.3 Å². The maximum absolute atomic E-state index is 13.6. The molecule has 0 bridgehead atoms. The van der Waals surface area contributed by atoms with Gasteiger partial charge in [-0.1, -0.05) is 35.5 Å². The van der Waals surface area contributed by atoms with Crippen molar-refractivity contribution < 1.29 is 13.7 Å². The van der Waals surface area contributed by atoms with Crippen LogP contribution in [0.4, 0.5) is 4.39 Å². The highest BCUT2D eigenvalue weighted by Gasteiger charge is 2.24. The van der Waals surface area contributed by atoms with Crippen LogP contribution in [-0.4, -0.2) is 16.8 Å². The number of amides is 1. The third-order valence-corrected chi connectivity index (χ3v) is 5.24.